The molecule has 2 heterocycles. The third-order valence-corrected chi connectivity index (χ3v) is 4.31. The van der Waals surface area contributed by atoms with Crippen molar-refractivity contribution in [2.45, 2.75) is 18.4 Å². The van der Waals surface area contributed by atoms with Gasteiger partial charge in [0.15, 0.2) is 0 Å². The first-order valence-corrected chi connectivity index (χ1v) is 7.62. The van der Waals surface area contributed by atoms with E-state index in [1.807, 2.05) is 12.1 Å². The molecule has 1 aliphatic heterocycles. The Labute approximate surface area is 135 Å². The van der Waals surface area contributed by atoms with E-state index >= 15 is 0 Å². The summed E-state index contributed by atoms with van der Waals surface area (Å²) in [5.74, 6) is 2.07. The van der Waals surface area contributed by atoms with Crippen LogP contribution >= 0.6 is 0 Å². The Morgan fingerprint density at radius 3 is 2.09 bits per heavy atom. The number of ether oxygens (including phenoxy) is 2. The Hall–Kier alpha value is -2.34. The fraction of sp³-hybridized carbons (Fsp3) is 0.412. The molecule has 1 fully saturated rings. The molecule has 1 N–H and O–H groups in total. The number of aromatic nitrogens is 2. The van der Waals surface area contributed by atoms with Crippen LogP contribution in [0.3, 0.4) is 0 Å². The molecule has 0 saturated carbocycles. The molecule has 0 aliphatic carbocycles. The van der Waals surface area contributed by atoms with E-state index < -0.39 is 5.60 Å². The smallest absolute Gasteiger partial charge is 0.225 e. The van der Waals surface area contributed by atoms with Crippen LogP contribution in [-0.4, -0.2) is 42.4 Å². The molecule has 6 nitrogen and oxygen atoms in total. The minimum atomic E-state index is -0.896. The van der Waals surface area contributed by atoms with Crippen molar-refractivity contribution in [3.05, 3.63) is 42.2 Å². The maximum atomic E-state index is 11.1. The zero-order chi connectivity index (χ0) is 16.3. The van der Waals surface area contributed by atoms with E-state index in [-0.39, 0.29) is 0 Å². The molecule has 0 bridgehead atoms. The van der Waals surface area contributed by atoms with Crippen LogP contribution in [0.15, 0.2) is 36.7 Å². The van der Waals surface area contributed by atoms with E-state index in [0.29, 0.717) is 43.4 Å². The zero-order valence-electron chi connectivity index (χ0n) is 13.4. The van der Waals surface area contributed by atoms with Gasteiger partial charge in [0, 0.05) is 31.5 Å². The molecule has 0 atom stereocenters. The molecule has 1 saturated heterocycles. The lowest BCUT2D eigenvalue weighted by atomic mass is 9.84. The molecular formula is C17H21N3O3. The SMILES string of the molecule is COc1cc(OC)cc(C2(O)CCN(c3ncccn3)CC2)c1. The number of aliphatic hydroxyl groups is 1. The van der Waals surface area contributed by atoms with Crippen molar-refractivity contribution in [2.75, 3.05) is 32.2 Å². The highest BCUT2D eigenvalue weighted by Gasteiger charge is 2.35. The van der Waals surface area contributed by atoms with Gasteiger partial charge in [-0.05, 0) is 36.6 Å². The summed E-state index contributed by atoms with van der Waals surface area (Å²) >= 11 is 0. The van der Waals surface area contributed by atoms with E-state index in [1.165, 1.54) is 0 Å². The Kier molecular flexibility index (Phi) is 4.34. The summed E-state index contributed by atoms with van der Waals surface area (Å²) in [5.41, 5.74) is -0.0741. The number of anilines is 1. The highest BCUT2D eigenvalue weighted by atomic mass is 16.5. The standard InChI is InChI=1S/C17H21N3O3/c1-22-14-10-13(11-15(12-14)23-2)17(21)4-8-20(9-5-17)16-18-6-3-7-19-16/h3,6-7,10-12,21H,4-5,8-9H2,1-2H3. The average Bonchev–Trinajstić information content (AvgIpc) is 2.62. The lowest BCUT2D eigenvalue weighted by Gasteiger charge is -2.38. The van der Waals surface area contributed by atoms with Crippen LogP contribution in [0.5, 0.6) is 11.5 Å². The molecule has 122 valence electrons. The first-order chi connectivity index (χ1) is 11.1. The van der Waals surface area contributed by atoms with Crippen molar-refractivity contribution in [3.8, 4) is 11.5 Å². The molecule has 0 unspecified atom stereocenters. The number of methoxy groups -OCH3 is 2. The maximum absolute atomic E-state index is 11.1. The molecule has 1 aliphatic rings. The Morgan fingerprint density at radius 1 is 1.00 bits per heavy atom. The van der Waals surface area contributed by atoms with Gasteiger partial charge in [-0.15, -0.1) is 0 Å². The monoisotopic (exact) mass is 315 g/mol. The number of piperidine rings is 1. The quantitative estimate of drug-likeness (QED) is 0.930. The second-order valence-corrected chi connectivity index (χ2v) is 5.67. The highest BCUT2D eigenvalue weighted by Crippen LogP contribution is 2.37. The van der Waals surface area contributed by atoms with Crippen molar-refractivity contribution in [2.24, 2.45) is 0 Å². The highest BCUT2D eigenvalue weighted by molar-refractivity contribution is 5.42. The van der Waals surface area contributed by atoms with Crippen LogP contribution in [0.1, 0.15) is 18.4 Å². The van der Waals surface area contributed by atoms with Gasteiger partial charge in [0.1, 0.15) is 11.5 Å². The molecule has 6 heteroatoms. The molecule has 23 heavy (non-hydrogen) atoms. The van der Waals surface area contributed by atoms with E-state index in [0.717, 1.165) is 5.56 Å². The fourth-order valence-corrected chi connectivity index (χ4v) is 2.90. The van der Waals surface area contributed by atoms with Crippen LogP contribution < -0.4 is 14.4 Å². The van der Waals surface area contributed by atoms with E-state index in [4.69, 9.17) is 9.47 Å². The summed E-state index contributed by atoms with van der Waals surface area (Å²) in [6.07, 6.45) is 4.66. The minimum absolute atomic E-state index is 0.599. The van der Waals surface area contributed by atoms with E-state index in [1.54, 1.807) is 38.7 Å². The Bertz CT molecular complexity index is 633. The predicted molar refractivity (Wildman–Crippen MR) is 86.9 cm³/mol. The van der Waals surface area contributed by atoms with Gasteiger partial charge >= 0.3 is 0 Å². The summed E-state index contributed by atoms with van der Waals surface area (Å²) in [6, 6.07) is 7.35. The van der Waals surface area contributed by atoms with Gasteiger partial charge in [-0.2, -0.15) is 0 Å². The predicted octanol–water partition coefficient (Wildman–Crippen LogP) is 1.98. The van der Waals surface area contributed by atoms with Gasteiger partial charge < -0.3 is 19.5 Å². The van der Waals surface area contributed by atoms with Crippen molar-refractivity contribution in [1.82, 2.24) is 9.97 Å². The second kappa shape index (κ2) is 6.42. The number of hydrogen-bond acceptors (Lipinski definition) is 6. The topological polar surface area (TPSA) is 67.7 Å². The molecular weight excluding hydrogens is 294 g/mol. The average molecular weight is 315 g/mol. The lowest BCUT2D eigenvalue weighted by molar-refractivity contribution is 0.0111. The van der Waals surface area contributed by atoms with Gasteiger partial charge in [-0.1, -0.05) is 0 Å². The number of hydrogen-bond donors (Lipinski definition) is 1. The summed E-state index contributed by atoms with van der Waals surface area (Å²) in [6.45, 7) is 1.39. The minimum Gasteiger partial charge on any atom is -0.497 e. The molecule has 0 radical (unpaired) electrons. The number of nitrogens with zero attached hydrogens (tertiary/aromatic N) is 3. The number of benzene rings is 1. The summed E-state index contributed by atoms with van der Waals surface area (Å²) in [4.78, 5) is 10.6. The first kappa shape index (κ1) is 15.6. The lowest BCUT2D eigenvalue weighted by Crippen LogP contribution is -2.43. The maximum Gasteiger partial charge on any atom is 0.225 e. The third kappa shape index (κ3) is 3.22. The summed E-state index contributed by atoms with van der Waals surface area (Å²) in [5, 5.41) is 11.1. The largest absolute Gasteiger partial charge is 0.497 e. The van der Waals surface area contributed by atoms with Gasteiger partial charge in [-0.3, -0.25) is 0 Å². The molecule has 3 rings (SSSR count). The van der Waals surface area contributed by atoms with Crippen LogP contribution in [0.2, 0.25) is 0 Å². The van der Waals surface area contributed by atoms with Gasteiger partial charge in [0.05, 0.1) is 19.8 Å². The van der Waals surface area contributed by atoms with Crippen molar-refractivity contribution >= 4 is 5.95 Å². The molecule has 1 aromatic heterocycles. The molecule has 1 aromatic carbocycles. The van der Waals surface area contributed by atoms with Gasteiger partial charge in [0.2, 0.25) is 5.95 Å². The van der Waals surface area contributed by atoms with Crippen LogP contribution in [0, 0.1) is 0 Å². The number of rotatable bonds is 4. The van der Waals surface area contributed by atoms with Crippen LogP contribution in [-0.2, 0) is 5.60 Å². The van der Waals surface area contributed by atoms with Crippen molar-refractivity contribution in [3.63, 3.8) is 0 Å². The Balaban J connectivity index is 1.79. The zero-order valence-corrected chi connectivity index (χ0v) is 13.4. The van der Waals surface area contributed by atoms with Crippen molar-refractivity contribution in [1.29, 1.82) is 0 Å². The first-order valence-electron chi connectivity index (χ1n) is 7.62. The second-order valence-electron chi connectivity index (χ2n) is 5.67. The molecule has 0 spiro atoms. The summed E-state index contributed by atoms with van der Waals surface area (Å²) in [7, 11) is 3.22. The Morgan fingerprint density at radius 2 is 1.57 bits per heavy atom. The van der Waals surface area contributed by atoms with Gasteiger partial charge in [-0.25, -0.2) is 9.97 Å². The van der Waals surface area contributed by atoms with Crippen LogP contribution in [0.25, 0.3) is 0 Å². The van der Waals surface area contributed by atoms with E-state index in [9.17, 15) is 5.11 Å². The van der Waals surface area contributed by atoms with E-state index in [2.05, 4.69) is 14.9 Å². The summed E-state index contributed by atoms with van der Waals surface area (Å²) < 4.78 is 10.6. The fourth-order valence-electron chi connectivity index (χ4n) is 2.90. The molecule has 0 amide bonds. The van der Waals surface area contributed by atoms with Crippen molar-refractivity contribution < 1.29 is 14.6 Å². The molecule has 2 aromatic rings. The third-order valence-electron chi connectivity index (χ3n) is 4.31. The van der Waals surface area contributed by atoms with Crippen LogP contribution in [0.4, 0.5) is 5.95 Å². The van der Waals surface area contributed by atoms with Gasteiger partial charge in [0.25, 0.3) is 0 Å². The normalized spacial score (nSPS) is 16.9.